The van der Waals surface area contributed by atoms with Crippen molar-refractivity contribution in [2.75, 3.05) is 39.3 Å². The number of carbonyl (C=O) groups is 1. The fraction of sp³-hybridized carbons (Fsp3) is 0.929. The number of nitrogens with zero attached hydrogens (tertiary/aromatic N) is 1. The van der Waals surface area contributed by atoms with Crippen molar-refractivity contribution in [3.63, 3.8) is 0 Å². The highest BCUT2D eigenvalue weighted by Gasteiger charge is 2.28. The average Bonchev–Trinajstić information content (AvgIpc) is 2.28. The Morgan fingerprint density at radius 2 is 1.89 bits per heavy atom. The van der Waals surface area contributed by atoms with Crippen LogP contribution < -0.4 is 10.6 Å². The van der Waals surface area contributed by atoms with E-state index in [-0.39, 0.29) is 23.7 Å². The second kappa shape index (κ2) is 8.77. The van der Waals surface area contributed by atoms with E-state index in [1.807, 2.05) is 13.8 Å². The molecule has 0 aromatic carbocycles. The van der Waals surface area contributed by atoms with Gasteiger partial charge in [0.05, 0.1) is 0 Å². The maximum atomic E-state index is 12.1. The van der Waals surface area contributed by atoms with Gasteiger partial charge in [0.2, 0.25) is 5.91 Å². The van der Waals surface area contributed by atoms with Crippen LogP contribution >= 0.6 is 12.4 Å². The van der Waals surface area contributed by atoms with Crippen LogP contribution in [0.5, 0.6) is 0 Å². The number of hydrogen-bond donors (Lipinski definition) is 2. The summed E-state index contributed by atoms with van der Waals surface area (Å²) in [5.41, 5.74) is -0.252. The van der Waals surface area contributed by atoms with E-state index in [2.05, 4.69) is 29.4 Å². The van der Waals surface area contributed by atoms with Gasteiger partial charge in [0.1, 0.15) is 0 Å². The zero-order valence-electron chi connectivity index (χ0n) is 12.8. The van der Waals surface area contributed by atoms with Gasteiger partial charge in [-0.3, -0.25) is 9.69 Å². The van der Waals surface area contributed by atoms with E-state index in [1.54, 1.807) is 0 Å². The van der Waals surface area contributed by atoms with E-state index in [1.165, 1.54) is 0 Å². The first kappa shape index (κ1) is 18.7. The molecule has 1 aliphatic heterocycles. The van der Waals surface area contributed by atoms with Crippen LogP contribution in [0.15, 0.2) is 0 Å². The van der Waals surface area contributed by atoms with E-state index in [4.69, 9.17) is 0 Å². The highest BCUT2D eigenvalue weighted by atomic mass is 35.5. The summed E-state index contributed by atoms with van der Waals surface area (Å²) < 4.78 is 0. The van der Waals surface area contributed by atoms with E-state index in [0.29, 0.717) is 5.92 Å². The van der Waals surface area contributed by atoms with Gasteiger partial charge < -0.3 is 10.6 Å². The van der Waals surface area contributed by atoms with Gasteiger partial charge >= 0.3 is 0 Å². The Hall–Kier alpha value is -0.320. The molecule has 0 aromatic heterocycles. The molecule has 114 valence electrons. The molecule has 2 N–H and O–H groups in total. The minimum atomic E-state index is -0.252. The first-order valence-electron chi connectivity index (χ1n) is 7.13. The maximum absolute atomic E-state index is 12.1. The van der Waals surface area contributed by atoms with Crippen LogP contribution in [-0.4, -0.2) is 50.1 Å². The maximum Gasteiger partial charge on any atom is 0.225 e. The van der Waals surface area contributed by atoms with Crippen LogP contribution in [0.4, 0.5) is 0 Å². The third-order valence-corrected chi connectivity index (χ3v) is 3.46. The molecule has 0 spiro atoms. The Labute approximate surface area is 124 Å². The largest absolute Gasteiger partial charge is 0.354 e. The Morgan fingerprint density at radius 3 is 2.42 bits per heavy atom. The molecule has 0 radical (unpaired) electrons. The average molecular weight is 292 g/mol. The summed E-state index contributed by atoms with van der Waals surface area (Å²) >= 11 is 0. The lowest BCUT2D eigenvalue weighted by molar-refractivity contribution is -0.130. The molecule has 0 atom stereocenters. The molecule has 0 aliphatic carbocycles. The summed E-state index contributed by atoms with van der Waals surface area (Å²) in [6.07, 6.45) is 0.937. The molecule has 1 rings (SSSR count). The summed E-state index contributed by atoms with van der Waals surface area (Å²) in [6, 6.07) is 0. The van der Waals surface area contributed by atoms with Crippen LogP contribution in [0.2, 0.25) is 0 Å². The van der Waals surface area contributed by atoms with Gasteiger partial charge in [-0.05, 0) is 12.3 Å². The fourth-order valence-corrected chi connectivity index (χ4v) is 2.61. The number of hydrogen-bond acceptors (Lipinski definition) is 3. The lowest BCUT2D eigenvalue weighted by Crippen LogP contribution is -2.47. The predicted molar refractivity (Wildman–Crippen MR) is 82.8 cm³/mol. The summed E-state index contributed by atoms with van der Waals surface area (Å²) in [6.45, 7) is 14.4. The third kappa shape index (κ3) is 7.14. The molecule has 1 aliphatic rings. The topological polar surface area (TPSA) is 44.4 Å². The number of amides is 1. The Kier molecular flexibility index (Phi) is 8.62. The van der Waals surface area contributed by atoms with Gasteiger partial charge in [0, 0.05) is 44.7 Å². The number of halogens is 1. The van der Waals surface area contributed by atoms with Gasteiger partial charge in [-0.15, -0.1) is 12.4 Å². The quantitative estimate of drug-likeness (QED) is 0.780. The molecule has 1 fully saturated rings. The zero-order valence-corrected chi connectivity index (χ0v) is 13.6. The zero-order chi connectivity index (χ0) is 13.6. The van der Waals surface area contributed by atoms with Crippen molar-refractivity contribution in [1.29, 1.82) is 0 Å². The summed E-state index contributed by atoms with van der Waals surface area (Å²) in [5, 5.41) is 6.41. The van der Waals surface area contributed by atoms with Gasteiger partial charge in [-0.1, -0.05) is 27.7 Å². The Morgan fingerprint density at radius 1 is 1.32 bits per heavy atom. The van der Waals surface area contributed by atoms with Crippen molar-refractivity contribution in [1.82, 2.24) is 15.5 Å². The van der Waals surface area contributed by atoms with Crippen LogP contribution in [0.25, 0.3) is 0 Å². The summed E-state index contributed by atoms with van der Waals surface area (Å²) in [7, 11) is 0. The van der Waals surface area contributed by atoms with Gasteiger partial charge in [0.25, 0.3) is 0 Å². The molecule has 0 saturated carbocycles. The van der Waals surface area contributed by atoms with Crippen molar-refractivity contribution in [2.45, 2.75) is 34.1 Å². The van der Waals surface area contributed by atoms with E-state index >= 15 is 0 Å². The SMILES string of the molecule is CC(C)CC(C)(C)C(=O)NCCN1CCNCC1.Cl. The molecular weight excluding hydrogens is 262 g/mol. The van der Waals surface area contributed by atoms with Crippen LogP contribution in [-0.2, 0) is 4.79 Å². The first-order valence-corrected chi connectivity index (χ1v) is 7.13. The minimum absolute atomic E-state index is 0. The second-order valence-corrected chi connectivity index (χ2v) is 6.33. The summed E-state index contributed by atoms with van der Waals surface area (Å²) in [4.78, 5) is 14.5. The monoisotopic (exact) mass is 291 g/mol. The third-order valence-electron chi connectivity index (χ3n) is 3.46. The molecule has 1 amide bonds. The van der Waals surface area contributed by atoms with E-state index < -0.39 is 0 Å². The standard InChI is InChI=1S/C14H29N3O.ClH/c1-12(2)11-14(3,4)13(18)16-7-10-17-8-5-15-6-9-17;/h12,15H,5-11H2,1-4H3,(H,16,18);1H. The molecule has 5 heteroatoms. The first-order chi connectivity index (χ1) is 8.42. The number of carbonyl (C=O) groups excluding carboxylic acids is 1. The normalized spacial score (nSPS) is 17.1. The fourth-order valence-electron chi connectivity index (χ4n) is 2.61. The van der Waals surface area contributed by atoms with Crippen molar-refractivity contribution >= 4 is 18.3 Å². The van der Waals surface area contributed by atoms with Crippen LogP contribution in [0.3, 0.4) is 0 Å². The van der Waals surface area contributed by atoms with E-state index in [9.17, 15) is 4.79 Å². The molecular formula is C14H30ClN3O. The second-order valence-electron chi connectivity index (χ2n) is 6.33. The van der Waals surface area contributed by atoms with Gasteiger partial charge in [-0.2, -0.15) is 0 Å². The van der Waals surface area contributed by atoms with E-state index in [0.717, 1.165) is 45.7 Å². The highest BCUT2D eigenvalue weighted by Crippen LogP contribution is 2.25. The minimum Gasteiger partial charge on any atom is -0.354 e. The van der Waals surface area contributed by atoms with Gasteiger partial charge in [0.15, 0.2) is 0 Å². The predicted octanol–water partition coefficient (Wildman–Crippen LogP) is 1.50. The van der Waals surface area contributed by atoms with Crippen LogP contribution in [0, 0.1) is 11.3 Å². The molecule has 1 heterocycles. The molecule has 4 nitrogen and oxygen atoms in total. The number of piperazine rings is 1. The van der Waals surface area contributed by atoms with Gasteiger partial charge in [-0.25, -0.2) is 0 Å². The smallest absolute Gasteiger partial charge is 0.225 e. The summed E-state index contributed by atoms with van der Waals surface area (Å²) in [5.74, 6) is 0.741. The number of nitrogens with one attached hydrogen (secondary N) is 2. The Bertz CT molecular complexity index is 263. The van der Waals surface area contributed by atoms with Crippen molar-refractivity contribution < 1.29 is 4.79 Å². The van der Waals surface area contributed by atoms with Crippen LogP contribution in [0.1, 0.15) is 34.1 Å². The molecule has 1 saturated heterocycles. The van der Waals surface area contributed by atoms with Crippen molar-refractivity contribution in [3.8, 4) is 0 Å². The van der Waals surface area contributed by atoms with Crippen molar-refractivity contribution in [2.24, 2.45) is 11.3 Å². The highest BCUT2D eigenvalue weighted by molar-refractivity contribution is 5.85. The number of rotatable bonds is 6. The van der Waals surface area contributed by atoms with Crippen molar-refractivity contribution in [3.05, 3.63) is 0 Å². The lowest BCUT2D eigenvalue weighted by atomic mass is 9.83. The molecule has 0 unspecified atom stereocenters. The Balaban J connectivity index is 0.00000324. The molecule has 19 heavy (non-hydrogen) atoms. The molecule has 0 aromatic rings. The lowest BCUT2D eigenvalue weighted by Gasteiger charge is -2.29. The molecule has 0 bridgehead atoms.